The molecule has 1 aliphatic heterocycles. The summed E-state index contributed by atoms with van der Waals surface area (Å²) in [6, 6.07) is -0.856. The van der Waals surface area contributed by atoms with E-state index in [1.54, 1.807) is 0 Å². The quantitative estimate of drug-likeness (QED) is 0.672. The van der Waals surface area contributed by atoms with Crippen LogP contribution in [0.4, 0.5) is 4.79 Å². The van der Waals surface area contributed by atoms with E-state index in [1.165, 1.54) is 0 Å². The van der Waals surface area contributed by atoms with Gasteiger partial charge < -0.3 is 15.7 Å². The van der Waals surface area contributed by atoms with Crippen LogP contribution in [0.15, 0.2) is 0 Å². The normalized spacial score (nSPS) is 31.4. The van der Waals surface area contributed by atoms with Gasteiger partial charge in [0.1, 0.15) is 6.04 Å². The SMILES string of the molecule is O=C1NC(C(=O)NC2CCCCCC2C(=O)O)CS1. The largest absolute Gasteiger partial charge is 0.481 e. The zero-order chi connectivity index (χ0) is 13.8. The number of aliphatic carboxylic acids is 1. The van der Waals surface area contributed by atoms with Crippen LogP contribution in [0.2, 0.25) is 0 Å². The predicted molar refractivity (Wildman–Crippen MR) is 70.9 cm³/mol. The van der Waals surface area contributed by atoms with Gasteiger partial charge >= 0.3 is 5.97 Å². The molecule has 19 heavy (non-hydrogen) atoms. The lowest BCUT2D eigenvalue weighted by atomic mass is 9.94. The Morgan fingerprint density at radius 3 is 2.63 bits per heavy atom. The van der Waals surface area contributed by atoms with Crippen LogP contribution in [0.25, 0.3) is 0 Å². The summed E-state index contributed by atoms with van der Waals surface area (Å²) in [4.78, 5) is 34.3. The summed E-state index contributed by atoms with van der Waals surface area (Å²) in [5.41, 5.74) is 0. The van der Waals surface area contributed by atoms with Crippen molar-refractivity contribution in [3.63, 3.8) is 0 Å². The van der Waals surface area contributed by atoms with E-state index in [-0.39, 0.29) is 17.2 Å². The second kappa shape index (κ2) is 6.27. The van der Waals surface area contributed by atoms with Gasteiger partial charge in [-0.25, -0.2) is 0 Å². The molecule has 106 valence electrons. The molecule has 0 radical (unpaired) electrons. The number of hydrogen-bond acceptors (Lipinski definition) is 4. The fourth-order valence-corrected chi connectivity index (χ4v) is 3.36. The van der Waals surface area contributed by atoms with Crippen molar-refractivity contribution in [1.29, 1.82) is 0 Å². The highest BCUT2D eigenvalue weighted by Crippen LogP contribution is 2.24. The van der Waals surface area contributed by atoms with Gasteiger partial charge in [0.25, 0.3) is 5.24 Å². The molecule has 1 saturated carbocycles. The van der Waals surface area contributed by atoms with Crippen molar-refractivity contribution in [2.45, 2.75) is 44.2 Å². The maximum Gasteiger partial charge on any atom is 0.308 e. The van der Waals surface area contributed by atoms with Crippen LogP contribution >= 0.6 is 11.8 Å². The van der Waals surface area contributed by atoms with Crippen LogP contribution in [-0.4, -0.2) is 40.1 Å². The Balaban J connectivity index is 1.96. The predicted octanol–water partition coefficient (Wildman–Crippen LogP) is 0.961. The van der Waals surface area contributed by atoms with Crippen molar-refractivity contribution < 1.29 is 19.5 Å². The summed E-state index contributed by atoms with van der Waals surface area (Å²) in [6.07, 6.45) is 4.12. The van der Waals surface area contributed by atoms with E-state index in [0.717, 1.165) is 31.0 Å². The van der Waals surface area contributed by atoms with Crippen LogP contribution in [0.3, 0.4) is 0 Å². The number of hydrogen-bond donors (Lipinski definition) is 3. The molecule has 6 nitrogen and oxygen atoms in total. The molecule has 2 amide bonds. The molecule has 3 atom stereocenters. The second-order valence-corrected chi connectivity index (χ2v) is 5.99. The Bertz CT molecular complexity index is 388. The van der Waals surface area contributed by atoms with Crippen molar-refractivity contribution in [1.82, 2.24) is 10.6 Å². The fourth-order valence-electron chi connectivity index (χ4n) is 2.59. The fraction of sp³-hybridized carbons (Fsp3) is 0.750. The Morgan fingerprint density at radius 2 is 2.00 bits per heavy atom. The van der Waals surface area contributed by atoms with Gasteiger partial charge in [-0.05, 0) is 12.8 Å². The van der Waals surface area contributed by atoms with Gasteiger partial charge in [0.15, 0.2) is 0 Å². The van der Waals surface area contributed by atoms with E-state index in [4.69, 9.17) is 0 Å². The maximum absolute atomic E-state index is 12.0. The summed E-state index contributed by atoms with van der Waals surface area (Å²) in [7, 11) is 0. The van der Waals surface area contributed by atoms with Crippen molar-refractivity contribution in [2.24, 2.45) is 5.92 Å². The number of carboxylic acid groups (broad SMARTS) is 1. The first-order chi connectivity index (χ1) is 9.08. The van der Waals surface area contributed by atoms with Gasteiger partial charge in [-0.15, -0.1) is 0 Å². The third-order valence-corrected chi connectivity index (χ3v) is 4.53. The minimum absolute atomic E-state index is 0.198. The molecule has 1 saturated heterocycles. The molecule has 7 heteroatoms. The standard InChI is InChI=1S/C12H18N2O4S/c15-10(9-6-19-12(18)14-9)13-8-5-3-1-2-4-7(8)11(16)17/h7-9H,1-6H2,(H,13,15)(H,14,18)(H,16,17). The summed E-state index contributed by atoms with van der Waals surface area (Å²) in [5.74, 6) is -1.22. The minimum Gasteiger partial charge on any atom is -0.481 e. The molecule has 2 rings (SSSR count). The Hall–Kier alpha value is -1.24. The van der Waals surface area contributed by atoms with Gasteiger partial charge in [-0.3, -0.25) is 14.4 Å². The van der Waals surface area contributed by atoms with Crippen LogP contribution in [-0.2, 0) is 9.59 Å². The molecule has 1 aliphatic carbocycles. The van der Waals surface area contributed by atoms with Crippen molar-refractivity contribution in [3.8, 4) is 0 Å². The molecule has 2 aliphatic rings. The molecular weight excluding hydrogens is 268 g/mol. The Kier molecular flexibility index (Phi) is 4.68. The molecule has 1 heterocycles. The lowest BCUT2D eigenvalue weighted by Gasteiger charge is -2.24. The molecule has 3 N–H and O–H groups in total. The second-order valence-electron chi connectivity index (χ2n) is 4.99. The van der Waals surface area contributed by atoms with E-state index in [0.29, 0.717) is 18.6 Å². The van der Waals surface area contributed by atoms with Gasteiger partial charge in [-0.2, -0.15) is 0 Å². The van der Waals surface area contributed by atoms with Gasteiger partial charge in [0.2, 0.25) is 5.91 Å². The van der Waals surface area contributed by atoms with Gasteiger partial charge in [0, 0.05) is 11.8 Å². The molecule has 0 bridgehead atoms. The topological polar surface area (TPSA) is 95.5 Å². The molecule has 2 fully saturated rings. The van der Waals surface area contributed by atoms with Crippen molar-refractivity contribution in [2.75, 3.05) is 5.75 Å². The number of carbonyl (C=O) groups excluding carboxylic acids is 2. The lowest BCUT2D eigenvalue weighted by molar-refractivity contribution is -0.143. The third kappa shape index (κ3) is 3.62. The lowest BCUT2D eigenvalue weighted by Crippen LogP contribution is -2.50. The van der Waals surface area contributed by atoms with Crippen LogP contribution in [0, 0.1) is 5.92 Å². The van der Waals surface area contributed by atoms with E-state index in [9.17, 15) is 19.5 Å². The van der Waals surface area contributed by atoms with Crippen LogP contribution in [0.1, 0.15) is 32.1 Å². The Morgan fingerprint density at radius 1 is 1.26 bits per heavy atom. The van der Waals surface area contributed by atoms with E-state index in [2.05, 4.69) is 10.6 Å². The molecule has 0 aromatic heterocycles. The Labute approximate surface area is 115 Å². The molecule has 3 unspecified atom stereocenters. The van der Waals surface area contributed by atoms with E-state index < -0.39 is 17.9 Å². The molecular formula is C12H18N2O4S. The smallest absolute Gasteiger partial charge is 0.308 e. The summed E-state index contributed by atoms with van der Waals surface area (Å²) in [6.45, 7) is 0. The minimum atomic E-state index is -0.850. The number of carbonyl (C=O) groups is 3. The zero-order valence-electron chi connectivity index (χ0n) is 10.6. The summed E-state index contributed by atoms with van der Waals surface area (Å²) < 4.78 is 0. The monoisotopic (exact) mass is 286 g/mol. The highest BCUT2D eigenvalue weighted by molar-refractivity contribution is 8.14. The maximum atomic E-state index is 12.0. The molecule has 0 aromatic carbocycles. The molecule has 0 aromatic rings. The van der Waals surface area contributed by atoms with E-state index in [1.807, 2.05) is 0 Å². The number of carboxylic acids is 1. The number of amides is 2. The third-order valence-electron chi connectivity index (χ3n) is 3.65. The number of nitrogens with one attached hydrogen (secondary N) is 2. The summed E-state index contributed by atoms with van der Waals surface area (Å²) in [5, 5.41) is 14.4. The first-order valence-electron chi connectivity index (χ1n) is 6.54. The zero-order valence-corrected chi connectivity index (χ0v) is 11.4. The molecule has 0 spiro atoms. The number of rotatable bonds is 3. The highest BCUT2D eigenvalue weighted by Gasteiger charge is 2.34. The van der Waals surface area contributed by atoms with Crippen LogP contribution in [0.5, 0.6) is 0 Å². The van der Waals surface area contributed by atoms with Crippen LogP contribution < -0.4 is 10.6 Å². The first kappa shape index (κ1) is 14.2. The summed E-state index contributed by atoms with van der Waals surface area (Å²) >= 11 is 1.08. The van der Waals surface area contributed by atoms with Crippen molar-refractivity contribution >= 4 is 28.9 Å². The van der Waals surface area contributed by atoms with Crippen molar-refractivity contribution in [3.05, 3.63) is 0 Å². The average Bonchev–Trinajstić information content (AvgIpc) is 2.65. The van der Waals surface area contributed by atoms with Gasteiger partial charge in [0.05, 0.1) is 5.92 Å². The highest BCUT2D eigenvalue weighted by atomic mass is 32.2. The van der Waals surface area contributed by atoms with E-state index >= 15 is 0 Å². The number of thioether (sulfide) groups is 1. The van der Waals surface area contributed by atoms with Gasteiger partial charge in [-0.1, -0.05) is 31.0 Å². The average molecular weight is 286 g/mol. The first-order valence-corrected chi connectivity index (χ1v) is 7.53.